The van der Waals surface area contributed by atoms with Crippen LogP contribution < -0.4 is 0 Å². The van der Waals surface area contributed by atoms with Crippen LogP contribution in [0.15, 0.2) is 117 Å². The highest BCUT2D eigenvalue weighted by atomic mass is 32.2. The number of hydrogen-bond acceptors (Lipinski definition) is 5. The monoisotopic (exact) mass is 697 g/mol. The molecule has 0 bridgehead atoms. The second-order valence-corrected chi connectivity index (χ2v) is 16.0. The molecule has 7 heteroatoms. The molecule has 4 aromatic carbocycles. The van der Waals surface area contributed by atoms with Gasteiger partial charge in [-0.1, -0.05) is 79.5 Å². The van der Waals surface area contributed by atoms with Crippen molar-refractivity contribution in [2.75, 3.05) is 13.6 Å². The predicted molar refractivity (Wildman–Crippen MR) is 203 cm³/mol. The van der Waals surface area contributed by atoms with Crippen LogP contribution in [0.5, 0.6) is 0 Å². The molecule has 4 aromatic rings. The number of carbonyl (C=O) groups is 2. The minimum absolute atomic E-state index is 0. The van der Waals surface area contributed by atoms with Crippen LogP contribution in [0.4, 0.5) is 4.79 Å². The average Bonchev–Trinajstić information content (AvgIpc) is 3.05. The van der Waals surface area contributed by atoms with Crippen LogP contribution in [-0.4, -0.2) is 41.3 Å². The zero-order valence-corrected chi connectivity index (χ0v) is 30.1. The molecule has 5 nitrogen and oxygen atoms in total. The van der Waals surface area contributed by atoms with Crippen LogP contribution in [0, 0.1) is 0 Å². The van der Waals surface area contributed by atoms with E-state index < -0.39 is 11.6 Å². The summed E-state index contributed by atoms with van der Waals surface area (Å²) < 4.78 is 5.50. The number of aryl methyl sites for hydroxylation is 2. The molecule has 0 unspecified atom stereocenters. The Hall–Kier alpha value is -3.68. The van der Waals surface area contributed by atoms with Crippen LogP contribution in [0.1, 0.15) is 94.4 Å². The van der Waals surface area contributed by atoms with E-state index in [2.05, 4.69) is 72.8 Å². The fourth-order valence-electron chi connectivity index (χ4n) is 6.52. The number of hydrogen-bond donors (Lipinski definition) is 1. The largest absolute Gasteiger partial charge is 0.481 e. The average molecular weight is 698 g/mol. The summed E-state index contributed by atoms with van der Waals surface area (Å²) in [6.07, 6.45) is 6.54. The molecule has 1 amide bonds. The Morgan fingerprint density at radius 3 is 1.67 bits per heavy atom. The molecule has 0 radical (unpaired) electrons. The summed E-state index contributed by atoms with van der Waals surface area (Å²) in [4.78, 5) is 30.0. The van der Waals surface area contributed by atoms with E-state index in [1.54, 1.807) is 28.4 Å². The molecule has 0 heterocycles. The molecule has 260 valence electrons. The number of fused-ring (bicyclic) bond motifs is 2. The first-order valence-electron chi connectivity index (χ1n) is 16.9. The molecule has 1 N–H and O–H groups in total. The molecule has 0 aliphatic heterocycles. The summed E-state index contributed by atoms with van der Waals surface area (Å²) in [6.45, 7) is 6.41. The third-order valence-corrected chi connectivity index (χ3v) is 10.7. The Labute approximate surface area is 301 Å². The third kappa shape index (κ3) is 11.4. The van der Waals surface area contributed by atoms with Crippen molar-refractivity contribution in [3.05, 3.63) is 119 Å². The number of amides is 1. The molecule has 0 aromatic heterocycles. The smallest absolute Gasteiger partial charge is 0.410 e. The summed E-state index contributed by atoms with van der Waals surface area (Å²) in [7, 11) is 1.84. The first-order chi connectivity index (χ1) is 23.0. The lowest BCUT2D eigenvalue weighted by Crippen LogP contribution is -2.37. The molecule has 2 atom stereocenters. The highest BCUT2D eigenvalue weighted by Crippen LogP contribution is 2.38. The first kappa shape index (κ1) is 38.1. The van der Waals surface area contributed by atoms with E-state index in [0.29, 0.717) is 12.5 Å². The van der Waals surface area contributed by atoms with Gasteiger partial charge in [0.05, 0.1) is 6.42 Å². The van der Waals surface area contributed by atoms with E-state index in [-0.39, 0.29) is 25.9 Å². The van der Waals surface area contributed by atoms with Crippen molar-refractivity contribution in [1.82, 2.24) is 4.90 Å². The number of carboxylic acids is 1. The third-order valence-electron chi connectivity index (χ3n) is 8.68. The lowest BCUT2D eigenvalue weighted by Gasteiger charge is -2.31. The molecule has 2 aliphatic carbocycles. The lowest BCUT2D eigenvalue weighted by atomic mass is 9.81. The SMILES string of the molecule is C.CN(C[C@H]1CCCc2cc(Sc3ccccc3)ccc21)C(=O)OC(C)(C)C.O=C(O)C[C@H]1CCCc2cc(Sc3ccccc3)ccc21. The molecule has 2 aliphatic rings. The lowest BCUT2D eigenvalue weighted by molar-refractivity contribution is -0.137. The van der Waals surface area contributed by atoms with Crippen LogP contribution >= 0.6 is 23.5 Å². The predicted octanol–water partition coefficient (Wildman–Crippen LogP) is 11.5. The van der Waals surface area contributed by atoms with Gasteiger partial charge >= 0.3 is 12.1 Å². The van der Waals surface area contributed by atoms with Gasteiger partial charge in [-0.05, 0) is 136 Å². The molecule has 49 heavy (non-hydrogen) atoms. The maximum absolute atomic E-state index is 12.3. The van der Waals surface area contributed by atoms with Crippen molar-refractivity contribution in [2.24, 2.45) is 0 Å². The summed E-state index contributed by atoms with van der Waals surface area (Å²) in [5.41, 5.74) is 4.91. The van der Waals surface area contributed by atoms with Crippen molar-refractivity contribution in [3.63, 3.8) is 0 Å². The van der Waals surface area contributed by atoms with Gasteiger partial charge in [0, 0.05) is 39.1 Å². The van der Waals surface area contributed by atoms with Gasteiger partial charge in [-0.3, -0.25) is 4.79 Å². The zero-order chi connectivity index (χ0) is 34.1. The van der Waals surface area contributed by atoms with E-state index in [1.165, 1.54) is 48.3 Å². The summed E-state index contributed by atoms with van der Waals surface area (Å²) in [6, 6.07) is 34.1. The van der Waals surface area contributed by atoms with Gasteiger partial charge in [0.15, 0.2) is 0 Å². The fraction of sp³-hybridized carbons (Fsp3) is 0.381. The number of likely N-dealkylation sites (N-methyl/N-ethyl adjacent to an activating group) is 1. The second-order valence-electron chi connectivity index (χ2n) is 13.7. The van der Waals surface area contributed by atoms with Crippen molar-refractivity contribution in [2.45, 2.75) is 110 Å². The normalized spacial score (nSPS) is 16.5. The number of carboxylic acid groups (broad SMARTS) is 1. The molecule has 6 rings (SSSR count). The van der Waals surface area contributed by atoms with Crippen LogP contribution in [0.3, 0.4) is 0 Å². The maximum Gasteiger partial charge on any atom is 0.410 e. The van der Waals surface area contributed by atoms with Crippen molar-refractivity contribution in [1.29, 1.82) is 0 Å². The van der Waals surface area contributed by atoms with Gasteiger partial charge in [0.2, 0.25) is 0 Å². The van der Waals surface area contributed by atoms with E-state index in [0.717, 1.165) is 32.1 Å². The van der Waals surface area contributed by atoms with Crippen LogP contribution in [0.2, 0.25) is 0 Å². The number of nitrogens with zero attached hydrogens (tertiary/aromatic N) is 1. The fourth-order valence-corrected chi connectivity index (χ4v) is 8.32. The Bertz CT molecular complexity index is 1670. The standard InChI is InChI=1S/C23H29NO2S.C18H18O2S.CH4/c1-23(2,3)26-22(25)24(4)16-18-10-8-9-17-15-20(13-14-21(17)18)27-19-11-6-5-7-12-19;19-18(20)12-14-6-4-5-13-11-16(9-10-17(13)14)21-15-7-2-1-3-8-15;/h5-7,11-15,18H,8-10,16H2,1-4H3;1-3,7-11,14H,4-6,12H2,(H,19,20);1H4/t18-;14-;/m11./s1. The second kappa shape index (κ2) is 17.8. The zero-order valence-electron chi connectivity index (χ0n) is 28.5. The van der Waals surface area contributed by atoms with Crippen LogP contribution in [-0.2, 0) is 22.4 Å². The minimum atomic E-state index is -0.699. The van der Waals surface area contributed by atoms with E-state index >= 15 is 0 Å². The molecule has 0 saturated heterocycles. The van der Waals surface area contributed by atoms with Gasteiger partial charge in [-0.15, -0.1) is 0 Å². The van der Waals surface area contributed by atoms with E-state index in [9.17, 15) is 9.59 Å². The molecular weight excluding hydrogens is 647 g/mol. The van der Waals surface area contributed by atoms with E-state index in [1.807, 2.05) is 52.1 Å². The van der Waals surface area contributed by atoms with Gasteiger partial charge in [0.1, 0.15) is 5.60 Å². The highest BCUT2D eigenvalue weighted by molar-refractivity contribution is 7.99. The quantitative estimate of drug-likeness (QED) is 0.198. The minimum Gasteiger partial charge on any atom is -0.481 e. The van der Waals surface area contributed by atoms with Crippen molar-refractivity contribution in [3.8, 4) is 0 Å². The van der Waals surface area contributed by atoms with Gasteiger partial charge < -0.3 is 14.7 Å². The van der Waals surface area contributed by atoms with Gasteiger partial charge in [0.25, 0.3) is 0 Å². The molecule has 0 spiro atoms. The van der Waals surface area contributed by atoms with Gasteiger partial charge in [-0.2, -0.15) is 0 Å². The number of ether oxygens (including phenoxy) is 1. The Balaban J connectivity index is 0.000000223. The Morgan fingerprint density at radius 2 is 1.20 bits per heavy atom. The van der Waals surface area contributed by atoms with Crippen LogP contribution in [0.25, 0.3) is 0 Å². The number of benzene rings is 4. The van der Waals surface area contributed by atoms with Crippen molar-refractivity contribution >= 4 is 35.6 Å². The number of carbonyl (C=O) groups excluding carboxylic acids is 1. The summed E-state index contributed by atoms with van der Waals surface area (Å²) in [5, 5.41) is 9.04. The maximum atomic E-state index is 12.3. The Morgan fingerprint density at radius 1 is 0.735 bits per heavy atom. The summed E-state index contributed by atoms with van der Waals surface area (Å²) in [5.74, 6) is -0.139. The van der Waals surface area contributed by atoms with E-state index in [4.69, 9.17) is 9.84 Å². The molecule has 0 saturated carbocycles. The topological polar surface area (TPSA) is 66.8 Å². The molecule has 0 fully saturated rings. The summed E-state index contributed by atoms with van der Waals surface area (Å²) >= 11 is 3.56. The highest BCUT2D eigenvalue weighted by Gasteiger charge is 2.26. The Kier molecular flexibility index (Phi) is 13.9. The van der Waals surface area contributed by atoms with Gasteiger partial charge in [-0.25, -0.2) is 4.79 Å². The number of aliphatic carboxylic acids is 1. The first-order valence-corrected chi connectivity index (χ1v) is 18.5. The number of rotatable bonds is 8. The van der Waals surface area contributed by atoms with Crippen molar-refractivity contribution < 1.29 is 19.4 Å². The molecular formula is C42H51NO4S2.